The number of aliphatic hydroxyl groups is 2. The molecule has 2 heterocycles. The Labute approximate surface area is 122 Å². The molecule has 1 fully saturated rings. The Hall–Kier alpha value is -0.910. The number of amides is 1. The van der Waals surface area contributed by atoms with Crippen LogP contribution in [0.3, 0.4) is 0 Å². The molecule has 1 aliphatic rings. The number of carbonyl (C=O) groups is 1. The Morgan fingerprint density at radius 2 is 2.14 bits per heavy atom. The van der Waals surface area contributed by atoms with Crippen LogP contribution < -0.4 is 5.73 Å². The first-order chi connectivity index (χ1) is 9.69. The highest BCUT2D eigenvalue weighted by Gasteiger charge is 2.45. The number of phosphoric acid groups is 1. The number of aromatic nitrogens is 1. The molecule has 0 aliphatic carbocycles. The van der Waals surface area contributed by atoms with E-state index in [1.165, 1.54) is 5.38 Å². The van der Waals surface area contributed by atoms with Crippen molar-refractivity contribution in [3.05, 3.63) is 16.1 Å². The van der Waals surface area contributed by atoms with Gasteiger partial charge in [-0.25, -0.2) is 9.55 Å². The number of ether oxygens (including phenoxy) is 1. The van der Waals surface area contributed by atoms with Crippen molar-refractivity contribution in [2.24, 2.45) is 5.73 Å². The molecular weight excluding hydrogens is 327 g/mol. The second-order valence-corrected chi connectivity index (χ2v) is 6.43. The number of primary amides is 1. The molecule has 0 saturated carbocycles. The third-order valence-corrected chi connectivity index (χ3v) is 4.18. The zero-order chi connectivity index (χ0) is 15.8. The number of phosphoric ester groups is 1. The van der Waals surface area contributed by atoms with Crippen molar-refractivity contribution in [1.29, 1.82) is 0 Å². The van der Waals surface area contributed by atoms with Crippen LogP contribution in [-0.2, 0) is 13.8 Å². The molecule has 1 aliphatic heterocycles. The topological polar surface area (TPSA) is 172 Å². The van der Waals surface area contributed by atoms with E-state index in [9.17, 15) is 19.6 Å². The highest BCUT2D eigenvalue weighted by atomic mass is 32.1. The van der Waals surface area contributed by atoms with Crippen LogP contribution in [0.1, 0.15) is 21.6 Å². The molecule has 4 atom stereocenters. The number of rotatable bonds is 5. The minimum Gasteiger partial charge on any atom is -0.387 e. The van der Waals surface area contributed by atoms with Crippen LogP contribution in [-0.4, -0.2) is 55.8 Å². The number of thiazole rings is 1. The fourth-order valence-electron chi connectivity index (χ4n) is 1.79. The van der Waals surface area contributed by atoms with E-state index in [1.54, 1.807) is 0 Å². The van der Waals surface area contributed by atoms with E-state index in [1.807, 2.05) is 0 Å². The summed E-state index contributed by atoms with van der Waals surface area (Å²) in [5, 5.41) is 21.3. The first-order valence-electron chi connectivity index (χ1n) is 5.66. The van der Waals surface area contributed by atoms with Crippen molar-refractivity contribution in [3.8, 4) is 0 Å². The highest BCUT2D eigenvalue weighted by Crippen LogP contribution is 2.39. The lowest BCUT2D eigenvalue weighted by Crippen LogP contribution is -2.33. The molecule has 12 heteroatoms. The maximum absolute atomic E-state index is 11.0. The summed E-state index contributed by atoms with van der Waals surface area (Å²) < 4.78 is 20.1. The third kappa shape index (κ3) is 3.84. The Morgan fingerprint density at radius 3 is 2.67 bits per heavy atom. The summed E-state index contributed by atoms with van der Waals surface area (Å²) in [4.78, 5) is 32.0. The summed E-state index contributed by atoms with van der Waals surface area (Å²) in [5.41, 5.74) is 5.05. The number of hydrogen-bond donors (Lipinski definition) is 5. The first-order valence-corrected chi connectivity index (χ1v) is 8.07. The quantitative estimate of drug-likeness (QED) is 0.400. The zero-order valence-electron chi connectivity index (χ0n) is 10.4. The standard InChI is InChI=1S/C9H13N2O8PS/c10-8(14)3-2-21-9(11-3)7-6(13)5(12)4(19-7)1-18-20(15,16)17/h2,4-7,12-13H,1H2,(H2,10,14)(H2,15,16,17)/t4-,5+,6+,7-/m0/s1. The average molecular weight is 340 g/mol. The molecule has 118 valence electrons. The van der Waals surface area contributed by atoms with Gasteiger partial charge in [-0.3, -0.25) is 9.32 Å². The van der Waals surface area contributed by atoms with Crippen LogP contribution in [0.5, 0.6) is 0 Å². The van der Waals surface area contributed by atoms with Gasteiger partial charge in [-0.1, -0.05) is 0 Å². The number of nitrogens with two attached hydrogens (primary N) is 1. The molecule has 0 bridgehead atoms. The maximum atomic E-state index is 11.0. The normalized spacial score (nSPS) is 29.7. The van der Waals surface area contributed by atoms with Gasteiger partial charge in [0.2, 0.25) is 0 Å². The lowest BCUT2D eigenvalue weighted by molar-refractivity contribution is -0.0224. The summed E-state index contributed by atoms with van der Waals surface area (Å²) >= 11 is 1.00. The monoisotopic (exact) mass is 340 g/mol. The SMILES string of the molecule is NC(=O)c1csc([C@H]2O[C@@H](COP(=O)(O)O)[C@@H](O)[C@H]2O)n1. The van der Waals surface area contributed by atoms with E-state index in [2.05, 4.69) is 9.51 Å². The Morgan fingerprint density at radius 1 is 1.48 bits per heavy atom. The van der Waals surface area contributed by atoms with Gasteiger partial charge in [-0.05, 0) is 0 Å². The van der Waals surface area contributed by atoms with Crippen LogP contribution in [0.2, 0.25) is 0 Å². The Bertz CT molecular complexity index is 574. The molecule has 0 aromatic carbocycles. The van der Waals surface area contributed by atoms with Crippen LogP contribution >= 0.6 is 19.2 Å². The lowest BCUT2D eigenvalue weighted by Gasteiger charge is -2.14. The summed E-state index contributed by atoms with van der Waals surface area (Å²) in [6, 6.07) is 0. The van der Waals surface area contributed by atoms with Crippen LogP contribution in [0.25, 0.3) is 0 Å². The molecule has 2 rings (SSSR count). The molecule has 1 aromatic rings. The molecule has 1 saturated heterocycles. The van der Waals surface area contributed by atoms with Gasteiger partial charge in [-0.2, -0.15) is 0 Å². The van der Waals surface area contributed by atoms with Crippen molar-refractivity contribution in [1.82, 2.24) is 4.98 Å². The molecule has 6 N–H and O–H groups in total. The van der Waals surface area contributed by atoms with Gasteiger partial charge in [0.25, 0.3) is 5.91 Å². The molecule has 0 spiro atoms. The average Bonchev–Trinajstić information content (AvgIpc) is 2.94. The predicted octanol–water partition coefficient (Wildman–Crippen LogP) is -1.49. The van der Waals surface area contributed by atoms with Crippen LogP contribution in [0.15, 0.2) is 5.38 Å². The predicted molar refractivity (Wildman–Crippen MR) is 68.3 cm³/mol. The molecule has 1 aromatic heterocycles. The van der Waals surface area contributed by atoms with Gasteiger partial charge >= 0.3 is 7.82 Å². The van der Waals surface area contributed by atoms with Crippen molar-refractivity contribution >= 4 is 25.1 Å². The molecule has 21 heavy (non-hydrogen) atoms. The van der Waals surface area contributed by atoms with Gasteiger partial charge in [-0.15, -0.1) is 11.3 Å². The molecular formula is C9H13N2O8PS. The van der Waals surface area contributed by atoms with Crippen molar-refractivity contribution < 1.29 is 38.6 Å². The second-order valence-electron chi connectivity index (χ2n) is 4.30. The van der Waals surface area contributed by atoms with Crippen molar-refractivity contribution in [2.75, 3.05) is 6.61 Å². The maximum Gasteiger partial charge on any atom is 0.469 e. The van der Waals surface area contributed by atoms with Crippen LogP contribution in [0.4, 0.5) is 0 Å². The van der Waals surface area contributed by atoms with E-state index in [-0.39, 0.29) is 10.7 Å². The summed E-state index contributed by atoms with van der Waals surface area (Å²) in [5.74, 6) is -0.744. The lowest BCUT2D eigenvalue weighted by atomic mass is 10.1. The molecule has 0 radical (unpaired) electrons. The van der Waals surface area contributed by atoms with Crippen molar-refractivity contribution in [2.45, 2.75) is 24.4 Å². The third-order valence-electron chi connectivity index (χ3n) is 2.79. The van der Waals surface area contributed by atoms with Gasteiger partial charge in [0.1, 0.15) is 35.1 Å². The fourth-order valence-corrected chi connectivity index (χ4v) is 3.02. The van der Waals surface area contributed by atoms with E-state index >= 15 is 0 Å². The van der Waals surface area contributed by atoms with E-state index in [0.717, 1.165) is 11.3 Å². The zero-order valence-corrected chi connectivity index (χ0v) is 12.1. The molecule has 1 amide bonds. The largest absolute Gasteiger partial charge is 0.469 e. The van der Waals surface area contributed by atoms with Gasteiger partial charge in [0.15, 0.2) is 0 Å². The van der Waals surface area contributed by atoms with E-state index in [4.69, 9.17) is 20.3 Å². The van der Waals surface area contributed by atoms with Gasteiger partial charge in [0.05, 0.1) is 6.61 Å². The summed E-state index contributed by atoms with van der Waals surface area (Å²) in [6.45, 7) is -0.604. The summed E-state index contributed by atoms with van der Waals surface area (Å²) in [6.07, 6.45) is -4.97. The number of aliphatic hydroxyl groups excluding tert-OH is 2. The number of nitrogens with zero attached hydrogens (tertiary/aromatic N) is 1. The van der Waals surface area contributed by atoms with E-state index < -0.39 is 44.8 Å². The highest BCUT2D eigenvalue weighted by molar-refractivity contribution is 7.46. The van der Waals surface area contributed by atoms with Gasteiger partial charge in [0, 0.05) is 5.38 Å². The smallest absolute Gasteiger partial charge is 0.387 e. The van der Waals surface area contributed by atoms with E-state index in [0.29, 0.717) is 0 Å². The van der Waals surface area contributed by atoms with Gasteiger partial charge < -0.3 is 30.5 Å². The first kappa shape index (κ1) is 16.5. The second kappa shape index (κ2) is 6.07. The summed E-state index contributed by atoms with van der Waals surface area (Å²) in [7, 11) is -4.71. The van der Waals surface area contributed by atoms with Crippen molar-refractivity contribution in [3.63, 3.8) is 0 Å². The number of carbonyl (C=O) groups excluding carboxylic acids is 1. The fraction of sp³-hybridized carbons (Fsp3) is 0.556. The van der Waals surface area contributed by atoms with Crippen LogP contribution in [0, 0.1) is 0 Å². The Kier molecular flexibility index (Phi) is 4.76. The Balaban J connectivity index is 2.08. The number of hydrogen-bond acceptors (Lipinski definition) is 8. The molecule has 10 nitrogen and oxygen atoms in total. The minimum atomic E-state index is -4.71. The molecule has 0 unspecified atom stereocenters. The minimum absolute atomic E-state index is 0.00444.